The maximum atomic E-state index is 5.32. The largest absolute Gasteiger partial charge is 0.382 e. The molecule has 3 heteroatoms. The zero-order valence-corrected chi connectivity index (χ0v) is 12.1. The molecule has 0 aliphatic carbocycles. The minimum atomic E-state index is 0.315. The van der Waals surface area contributed by atoms with Crippen LogP contribution < -0.4 is 0 Å². The van der Waals surface area contributed by atoms with E-state index in [9.17, 15) is 0 Å². The number of alkyl halides is 2. The highest BCUT2D eigenvalue weighted by atomic mass is 79.9. The number of ether oxygens (including phenoxy) is 1. The first-order valence-electron chi connectivity index (χ1n) is 4.67. The van der Waals surface area contributed by atoms with Crippen molar-refractivity contribution in [3.05, 3.63) is 0 Å². The Morgan fingerprint density at radius 2 is 1.62 bits per heavy atom. The molecular weight excluding hydrogens is 296 g/mol. The Kier molecular flexibility index (Phi) is 6.87. The standard InChI is InChI=1S/C10H20Br2O/c1-8(2)10(6-11,7-12)5-9(3)13-4/h8-9H,5-7H2,1-4H3. The van der Waals surface area contributed by atoms with E-state index in [1.165, 1.54) is 0 Å². The lowest BCUT2D eigenvalue weighted by Gasteiger charge is -2.36. The van der Waals surface area contributed by atoms with Crippen molar-refractivity contribution < 1.29 is 4.74 Å². The third-order valence-electron chi connectivity index (χ3n) is 2.85. The maximum Gasteiger partial charge on any atom is 0.0549 e. The monoisotopic (exact) mass is 314 g/mol. The lowest BCUT2D eigenvalue weighted by molar-refractivity contribution is 0.0638. The van der Waals surface area contributed by atoms with Crippen molar-refractivity contribution in [1.29, 1.82) is 0 Å². The smallest absolute Gasteiger partial charge is 0.0549 e. The topological polar surface area (TPSA) is 9.23 Å². The normalized spacial score (nSPS) is 15.0. The van der Waals surface area contributed by atoms with Crippen LogP contribution in [-0.2, 0) is 4.74 Å². The van der Waals surface area contributed by atoms with Gasteiger partial charge in [-0.2, -0.15) is 0 Å². The average Bonchev–Trinajstić information content (AvgIpc) is 2.13. The van der Waals surface area contributed by atoms with Crippen LogP contribution in [0.15, 0.2) is 0 Å². The molecule has 0 aromatic heterocycles. The average molecular weight is 316 g/mol. The quantitative estimate of drug-likeness (QED) is 0.677. The van der Waals surface area contributed by atoms with E-state index in [2.05, 4.69) is 52.6 Å². The molecule has 0 aromatic rings. The van der Waals surface area contributed by atoms with Crippen molar-refractivity contribution in [2.24, 2.45) is 11.3 Å². The van der Waals surface area contributed by atoms with E-state index in [1.807, 2.05) is 0 Å². The van der Waals surface area contributed by atoms with E-state index in [0.29, 0.717) is 17.4 Å². The molecule has 0 saturated carbocycles. The predicted molar refractivity (Wildman–Crippen MR) is 65.9 cm³/mol. The molecule has 0 aromatic carbocycles. The van der Waals surface area contributed by atoms with Gasteiger partial charge in [0.1, 0.15) is 0 Å². The second kappa shape index (κ2) is 6.41. The highest BCUT2D eigenvalue weighted by molar-refractivity contribution is 9.09. The van der Waals surface area contributed by atoms with E-state index >= 15 is 0 Å². The summed E-state index contributed by atoms with van der Waals surface area (Å²) < 4.78 is 5.32. The minimum absolute atomic E-state index is 0.315. The van der Waals surface area contributed by atoms with Crippen LogP contribution in [0.1, 0.15) is 27.2 Å². The Balaban J connectivity index is 4.38. The molecule has 0 fully saturated rings. The van der Waals surface area contributed by atoms with Gasteiger partial charge in [-0.05, 0) is 24.7 Å². The van der Waals surface area contributed by atoms with Crippen LogP contribution in [0.25, 0.3) is 0 Å². The molecule has 0 aliphatic rings. The first kappa shape index (κ1) is 13.9. The van der Waals surface area contributed by atoms with Crippen LogP contribution in [0, 0.1) is 11.3 Å². The van der Waals surface area contributed by atoms with Crippen molar-refractivity contribution in [2.75, 3.05) is 17.8 Å². The van der Waals surface area contributed by atoms with E-state index in [1.54, 1.807) is 7.11 Å². The van der Waals surface area contributed by atoms with Crippen LogP contribution >= 0.6 is 31.9 Å². The van der Waals surface area contributed by atoms with Gasteiger partial charge in [0.15, 0.2) is 0 Å². The molecule has 1 atom stereocenters. The first-order valence-corrected chi connectivity index (χ1v) is 6.91. The molecule has 0 aliphatic heterocycles. The van der Waals surface area contributed by atoms with E-state index in [4.69, 9.17) is 4.74 Å². The van der Waals surface area contributed by atoms with Crippen molar-refractivity contribution >= 4 is 31.9 Å². The molecule has 0 heterocycles. The van der Waals surface area contributed by atoms with Crippen LogP contribution in [0.2, 0.25) is 0 Å². The zero-order valence-electron chi connectivity index (χ0n) is 8.94. The van der Waals surface area contributed by atoms with Gasteiger partial charge in [-0.1, -0.05) is 45.7 Å². The summed E-state index contributed by atoms with van der Waals surface area (Å²) in [5, 5.41) is 2.05. The number of halogens is 2. The van der Waals surface area contributed by atoms with Crippen molar-refractivity contribution in [3.8, 4) is 0 Å². The Hall–Kier alpha value is 0.920. The summed E-state index contributed by atoms with van der Waals surface area (Å²) in [6, 6.07) is 0. The molecule has 0 N–H and O–H groups in total. The van der Waals surface area contributed by atoms with E-state index in [-0.39, 0.29) is 0 Å². The van der Waals surface area contributed by atoms with Crippen LogP contribution in [0.5, 0.6) is 0 Å². The van der Waals surface area contributed by atoms with Gasteiger partial charge in [0.2, 0.25) is 0 Å². The van der Waals surface area contributed by atoms with Crippen molar-refractivity contribution in [3.63, 3.8) is 0 Å². The second-order valence-corrected chi connectivity index (χ2v) is 5.16. The van der Waals surface area contributed by atoms with Gasteiger partial charge < -0.3 is 4.74 Å². The summed E-state index contributed by atoms with van der Waals surface area (Å²) in [7, 11) is 1.78. The third kappa shape index (κ3) is 3.88. The van der Waals surface area contributed by atoms with Crippen LogP contribution in [-0.4, -0.2) is 23.9 Å². The van der Waals surface area contributed by atoms with Gasteiger partial charge in [0, 0.05) is 17.8 Å². The minimum Gasteiger partial charge on any atom is -0.382 e. The van der Waals surface area contributed by atoms with Gasteiger partial charge in [0.05, 0.1) is 6.10 Å². The lowest BCUT2D eigenvalue weighted by atomic mass is 9.77. The van der Waals surface area contributed by atoms with Crippen LogP contribution in [0.4, 0.5) is 0 Å². The summed E-state index contributed by atoms with van der Waals surface area (Å²) >= 11 is 7.21. The molecule has 0 amide bonds. The predicted octanol–water partition coefficient (Wildman–Crippen LogP) is 3.84. The first-order chi connectivity index (χ1) is 6.02. The fraction of sp³-hybridized carbons (Fsp3) is 1.00. The third-order valence-corrected chi connectivity index (χ3v) is 5.09. The fourth-order valence-corrected chi connectivity index (χ4v) is 4.03. The molecule has 0 bridgehead atoms. The Morgan fingerprint density at radius 3 is 1.85 bits per heavy atom. The molecule has 1 nitrogen and oxygen atoms in total. The SMILES string of the molecule is COC(C)CC(CBr)(CBr)C(C)C. The molecule has 0 rings (SSSR count). The van der Waals surface area contributed by atoms with Crippen molar-refractivity contribution in [1.82, 2.24) is 0 Å². The van der Waals surface area contributed by atoms with Gasteiger partial charge in [-0.15, -0.1) is 0 Å². The summed E-state index contributed by atoms with van der Waals surface area (Å²) in [5.74, 6) is 0.656. The molecular formula is C10H20Br2O. The highest BCUT2D eigenvalue weighted by Gasteiger charge is 2.33. The zero-order chi connectivity index (χ0) is 10.5. The molecule has 0 saturated heterocycles. The number of hydrogen-bond acceptors (Lipinski definition) is 1. The number of rotatable bonds is 6. The summed E-state index contributed by atoms with van der Waals surface area (Å²) in [5.41, 5.74) is 0.315. The summed E-state index contributed by atoms with van der Waals surface area (Å²) in [6.45, 7) is 6.66. The van der Waals surface area contributed by atoms with Gasteiger partial charge >= 0.3 is 0 Å². The lowest BCUT2D eigenvalue weighted by Crippen LogP contribution is -2.35. The molecule has 13 heavy (non-hydrogen) atoms. The number of hydrogen-bond donors (Lipinski definition) is 0. The Bertz CT molecular complexity index is 133. The van der Waals surface area contributed by atoms with E-state index in [0.717, 1.165) is 17.1 Å². The van der Waals surface area contributed by atoms with E-state index < -0.39 is 0 Å². The second-order valence-electron chi connectivity index (χ2n) is 4.03. The molecule has 1 unspecified atom stereocenters. The summed E-state index contributed by atoms with van der Waals surface area (Å²) in [4.78, 5) is 0. The fourth-order valence-electron chi connectivity index (χ4n) is 1.34. The van der Waals surface area contributed by atoms with Crippen LogP contribution in [0.3, 0.4) is 0 Å². The van der Waals surface area contributed by atoms with Gasteiger partial charge in [-0.3, -0.25) is 0 Å². The Labute approximate surface area is 98.9 Å². The number of methoxy groups -OCH3 is 1. The Morgan fingerprint density at radius 1 is 1.15 bits per heavy atom. The molecule has 0 spiro atoms. The molecule has 0 radical (unpaired) electrons. The van der Waals surface area contributed by atoms with Gasteiger partial charge in [-0.25, -0.2) is 0 Å². The summed E-state index contributed by atoms with van der Waals surface area (Å²) in [6.07, 6.45) is 1.43. The highest BCUT2D eigenvalue weighted by Crippen LogP contribution is 2.37. The molecule has 80 valence electrons. The maximum absolute atomic E-state index is 5.32. The van der Waals surface area contributed by atoms with Gasteiger partial charge in [0.25, 0.3) is 0 Å². The van der Waals surface area contributed by atoms with Crippen molar-refractivity contribution in [2.45, 2.75) is 33.3 Å².